The van der Waals surface area contributed by atoms with Crippen LogP contribution in [-0.4, -0.2) is 11.8 Å². The molecular formula is C24H20N2O2. The minimum Gasteiger partial charge on any atom is -0.344 e. The molecule has 4 nitrogen and oxygen atoms in total. The van der Waals surface area contributed by atoms with Crippen LogP contribution in [0.5, 0.6) is 0 Å². The van der Waals surface area contributed by atoms with Crippen LogP contribution in [0.3, 0.4) is 0 Å². The summed E-state index contributed by atoms with van der Waals surface area (Å²) < 4.78 is 0. The van der Waals surface area contributed by atoms with E-state index in [-0.39, 0.29) is 0 Å². The molecule has 0 radical (unpaired) electrons. The minimum atomic E-state index is -0.631. The van der Waals surface area contributed by atoms with Gasteiger partial charge in [-0.15, -0.1) is 0 Å². The number of carbonyl (C=O) groups excluding carboxylic acids is 2. The third kappa shape index (κ3) is 3.71. The van der Waals surface area contributed by atoms with Gasteiger partial charge < -0.3 is 10.6 Å². The zero-order valence-electron chi connectivity index (χ0n) is 15.3. The van der Waals surface area contributed by atoms with E-state index in [4.69, 9.17) is 0 Å². The lowest BCUT2D eigenvalue weighted by atomic mass is 10.0. The average molecular weight is 368 g/mol. The molecule has 0 atom stereocenters. The van der Waals surface area contributed by atoms with Crippen LogP contribution in [0.2, 0.25) is 0 Å². The zero-order chi connectivity index (χ0) is 19.3. The van der Waals surface area contributed by atoms with Crippen molar-refractivity contribution in [3.05, 3.63) is 96.1 Å². The Labute approximate surface area is 163 Å². The van der Waals surface area contributed by atoms with Crippen molar-refractivity contribution < 1.29 is 9.59 Å². The van der Waals surface area contributed by atoms with Crippen LogP contribution in [-0.2, 0) is 22.7 Å². The highest BCUT2D eigenvalue weighted by atomic mass is 16.2. The second-order valence-electron chi connectivity index (χ2n) is 6.64. The van der Waals surface area contributed by atoms with Gasteiger partial charge in [0.2, 0.25) is 0 Å². The number of hydrogen-bond acceptors (Lipinski definition) is 2. The summed E-state index contributed by atoms with van der Waals surface area (Å²) >= 11 is 0. The molecule has 0 aliphatic rings. The zero-order valence-corrected chi connectivity index (χ0v) is 15.3. The van der Waals surface area contributed by atoms with Crippen LogP contribution >= 0.6 is 0 Å². The smallest absolute Gasteiger partial charge is 0.309 e. The van der Waals surface area contributed by atoms with Crippen LogP contribution in [0.15, 0.2) is 84.9 Å². The Bertz CT molecular complexity index is 1060. The monoisotopic (exact) mass is 368 g/mol. The molecule has 0 heterocycles. The van der Waals surface area contributed by atoms with Crippen molar-refractivity contribution in [3.8, 4) is 0 Å². The van der Waals surface area contributed by atoms with Crippen LogP contribution in [0.1, 0.15) is 11.1 Å². The number of hydrogen-bond donors (Lipinski definition) is 2. The van der Waals surface area contributed by atoms with E-state index in [2.05, 4.69) is 10.6 Å². The van der Waals surface area contributed by atoms with Crippen molar-refractivity contribution in [2.24, 2.45) is 0 Å². The van der Waals surface area contributed by atoms with Crippen LogP contribution in [0, 0.1) is 0 Å². The van der Waals surface area contributed by atoms with E-state index >= 15 is 0 Å². The first-order chi connectivity index (χ1) is 13.7. The van der Waals surface area contributed by atoms with Gasteiger partial charge in [0.25, 0.3) is 0 Å². The number of nitrogens with one attached hydrogen (secondary N) is 2. The summed E-state index contributed by atoms with van der Waals surface area (Å²) in [5.41, 5.74) is 1.96. The van der Waals surface area contributed by atoms with Crippen molar-refractivity contribution in [2.45, 2.75) is 13.1 Å². The Morgan fingerprint density at radius 2 is 0.929 bits per heavy atom. The van der Waals surface area contributed by atoms with Gasteiger partial charge in [0.1, 0.15) is 0 Å². The molecule has 2 amide bonds. The maximum Gasteiger partial charge on any atom is 0.309 e. The molecular weight excluding hydrogens is 348 g/mol. The van der Waals surface area contributed by atoms with Crippen molar-refractivity contribution >= 4 is 33.4 Å². The van der Waals surface area contributed by atoms with Crippen molar-refractivity contribution in [3.63, 3.8) is 0 Å². The van der Waals surface area contributed by atoms with E-state index in [0.717, 1.165) is 32.7 Å². The van der Waals surface area contributed by atoms with Gasteiger partial charge in [-0.05, 0) is 32.7 Å². The molecule has 0 aliphatic heterocycles. The summed E-state index contributed by atoms with van der Waals surface area (Å²) in [6.45, 7) is 0.615. The third-order valence-corrected chi connectivity index (χ3v) is 4.84. The maximum atomic E-state index is 12.2. The summed E-state index contributed by atoms with van der Waals surface area (Å²) in [6.07, 6.45) is 0. The Balaban J connectivity index is 1.39. The molecule has 0 fully saturated rings. The number of carbonyl (C=O) groups is 2. The van der Waals surface area contributed by atoms with E-state index in [1.807, 2.05) is 84.9 Å². The molecule has 4 heteroatoms. The van der Waals surface area contributed by atoms with E-state index in [9.17, 15) is 9.59 Å². The SMILES string of the molecule is O=C(NCc1cccc2ccccc12)C(=O)NCc1cccc2ccccc12. The first kappa shape index (κ1) is 17.7. The van der Waals surface area contributed by atoms with E-state index in [1.54, 1.807) is 0 Å². The van der Waals surface area contributed by atoms with Gasteiger partial charge in [0.05, 0.1) is 0 Å². The molecule has 28 heavy (non-hydrogen) atoms. The van der Waals surface area contributed by atoms with Crippen LogP contribution in [0.4, 0.5) is 0 Å². The fraction of sp³-hybridized carbons (Fsp3) is 0.0833. The lowest BCUT2D eigenvalue weighted by Crippen LogP contribution is -2.39. The number of fused-ring (bicyclic) bond motifs is 2. The van der Waals surface area contributed by atoms with Gasteiger partial charge in [0.15, 0.2) is 0 Å². The predicted molar refractivity (Wildman–Crippen MR) is 112 cm³/mol. The lowest BCUT2D eigenvalue weighted by Gasteiger charge is -2.10. The second kappa shape index (κ2) is 7.92. The molecule has 0 spiro atoms. The molecule has 0 saturated heterocycles. The molecule has 0 aromatic heterocycles. The fourth-order valence-electron chi connectivity index (χ4n) is 3.40. The van der Waals surface area contributed by atoms with Gasteiger partial charge in [0, 0.05) is 13.1 Å². The highest BCUT2D eigenvalue weighted by molar-refractivity contribution is 6.35. The highest BCUT2D eigenvalue weighted by Crippen LogP contribution is 2.19. The third-order valence-electron chi connectivity index (χ3n) is 4.84. The van der Waals surface area contributed by atoms with Gasteiger partial charge in [-0.3, -0.25) is 9.59 Å². The Hall–Kier alpha value is -3.66. The first-order valence-electron chi connectivity index (χ1n) is 9.22. The Kier molecular flexibility index (Phi) is 5.02. The molecule has 0 unspecified atom stereocenters. The molecule has 0 bridgehead atoms. The van der Waals surface area contributed by atoms with Crippen LogP contribution < -0.4 is 10.6 Å². The summed E-state index contributed by atoms with van der Waals surface area (Å²) in [6, 6.07) is 27.8. The molecule has 2 N–H and O–H groups in total. The Morgan fingerprint density at radius 1 is 0.536 bits per heavy atom. The minimum absolute atomic E-state index is 0.307. The standard InChI is InChI=1S/C24H20N2O2/c27-23(25-15-19-11-5-9-17-7-1-3-13-21(17)19)24(28)26-16-20-12-6-10-18-8-2-4-14-22(18)20/h1-14H,15-16H2,(H,25,27)(H,26,28). The van der Waals surface area contributed by atoms with Crippen molar-refractivity contribution in [1.29, 1.82) is 0 Å². The fourth-order valence-corrected chi connectivity index (χ4v) is 3.40. The largest absolute Gasteiger partial charge is 0.344 e. The molecule has 0 aliphatic carbocycles. The summed E-state index contributed by atoms with van der Waals surface area (Å²) in [5.74, 6) is -1.26. The molecule has 138 valence electrons. The second-order valence-corrected chi connectivity index (χ2v) is 6.64. The lowest BCUT2D eigenvalue weighted by molar-refractivity contribution is -0.139. The first-order valence-corrected chi connectivity index (χ1v) is 9.22. The van der Waals surface area contributed by atoms with E-state index in [0.29, 0.717) is 13.1 Å². The molecule has 4 aromatic carbocycles. The number of rotatable bonds is 4. The van der Waals surface area contributed by atoms with Gasteiger partial charge in [-0.2, -0.15) is 0 Å². The molecule has 4 rings (SSSR count). The summed E-state index contributed by atoms with van der Waals surface area (Å²) in [5, 5.41) is 9.78. The number of amides is 2. The quantitative estimate of drug-likeness (QED) is 0.536. The van der Waals surface area contributed by atoms with Gasteiger partial charge in [-0.1, -0.05) is 84.9 Å². The summed E-state index contributed by atoms with van der Waals surface area (Å²) in [4.78, 5) is 24.4. The topological polar surface area (TPSA) is 58.2 Å². The normalized spacial score (nSPS) is 10.7. The molecule has 0 saturated carbocycles. The van der Waals surface area contributed by atoms with Crippen molar-refractivity contribution in [2.75, 3.05) is 0 Å². The van der Waals surface area contributed by atoms with Crippen molar-refractivity contribution in [1.82, 2.24) is 10.6 Å². The van der Waals surface area contributed by atoms with Gasteiger partial charge >= 0.3 is 11.8 Å². The molecule has 4 aromatic rings. The van der Waals surface area contributed by atoms with Gasteiger partial charge in [-0.25, -0.2) is 0 Å². The van der Waals surface area contributed by atoms with E-state index < -0.39 is 11.8 Å². The average Bonchev–Trinajstić information content (AvgIpc) is 2.75. The number of benzene rings is 4. The Morgan fingerprint density at radius 3 is 1.39 bits per heavy atom. The highest BCUT2D eigenvalue weighted by Gasteiger charge is 2.13. The van der Waals surface area contributed by atoms with Crippen LogP contribution in [0.25, 0.3) is 21.5 Å². The van der Waals surface area contributed by atoms with E-state index in [1.165, 1.54) is 0 Å². The maximum absolute atomic E-state index is 12.2. The summed E-state index contributed by atoms with van der Waals surface area (Å²) in [7, 11) is 0. The predicted octanol–water partition coefficient (Wildman–Crippen LogP) is 3.93.